The number of hydrogen-bond donors (Lipinski definition) is 1. The Kier molecular flexibility index (Phi) is 22.1. The van der Waals surface area contributed by atoms with Crippen LogP contribution in [0.15, 0.2) is 0 Å². The minimum Gasteiger partial charge on any atom is -0.461 e. The molecule has 36 heavy (non-hydrogen) atoms. The van der Waals surface area contributed by atoms with E-state index in [1.807, 2.05) is 34.6 Å². The zero-order valence-corrected chi connectivity index (χ0v) is 24.9. The van der Waals surface area contributed by atoms with E-state index in [2.05, 4.69) is 12.2 Å². The van der Waals surface area contributed by atoms with Gasteiger partial charge in [-0.2, -0.15) is 0 Å². The highest BCUT2D eigenvalue weighted by Gasteiger charge is 2.36. The number of ether oxygens (including phenoxy) is 2. The van der Waals surface area contributed by atoms with E-state index in [0.717, 1.165) is 19.3 Å². The molecule has 0 aromatic heterocycles. The zero-order valence-electron chi connectivity index (χ0n) is 24.9. The summed E-state index contributed by atoms with van der Waals surface area (Å²) in [5.74, 6) is -0.0326. The fourth-order valence-corrected chi connectivity index (χ4v) is 4.85. The average molecular weight is 512 g/mol. The van der Waals surface area contributed by atoms with Crippen LogP contribution in [0.5, 0.6) is 0 Å². The summed E-state index contributed by atoms with van der Waals surface area (Å²) in [6.07, 6.45) is 21.9. The summed E-state index contributed by atoms with van der Waals surface area (Å²) >= 11 is 0. The van der Waals surface area contributed by atoms with Crippen LogP contribution >= 0.6 is 0 Å². The highest BCUT2D eigenvalue weighted by atomic mass is 16.6. The number of hydrogen-bond acceptors (Lipinski definition) is 4. The van der Waals surface area contributed by atoms with Crippen LogP contribution in [-0.4, -0.2) is 31.3 Å². The molecule has 1 amide bonds. The third kappa shape index (κ3) is 19.9. The van der Waals surface area contributed by atoms with Crippen molar-refractivity contribution in [3.63, 3.8) is 0 Å². The topological polar surface area (TPSA) is 64.6 Å². The second kappa shape index (κ2) is 22.9. The first-order valence-electron chi connectivity index (χ1n) is 15.3. The van der Waals surface area contributed by atoms with Gasteiger partial charge in [0.05, 0.1) is 0 Å². The molecular formula is C31H61NO4. The van der Waals surface area contributed by atoms with E-state index in [9.17, 15) is 9.59 Å². The second-order valence-corrected chi connectivity index (χ2v) is 11.7. The van der Waals surface area contributed by atoms with Crippen LogP contribution in [-0.2, 0) is 14.3 Å². The van der Waals surface area contributed by atoms with Crippen molar-refractivity contribution in [1.82, 2.24) is 5.32 Å². The lowest BCUT2D eigenvalue weighted by atomic mass is 9.81. The fourth-order valence-electron chi connectivity index (χ4n) is 4.85. The largest absolute Gasteiger partial charge is 0.461 e. The summed E-state index contributed by atoms with van der Waals surface area (Å²) in [5.41, 5.74) is -0.441. The molecule has 0 aliphatic rings. The van der Waals surface area contributed by atoms with Gasteiger partial charge in [0.2, 0.25) is 0 Å². The minimum atomic E-state index is -0.441. The molecule has 1 N–H and O–H groups in total. The van der Waals surface area contributed by atoms with Crippen LogP contribution in [0, 0.1) is 11.3 Å². The Hall–Kier alpha value is -1.26. The summed E-state index contributed by atoms with van der Waals surface area (Å²) < 4.78 is 11.2. The smallest absolute Gasteiger partial charge is 0.407 e. The van der Waals surface area contributed by atoms with Crippen LogP contribution in [0.1, 0.15) is 157 Å². The number of carbonyl (C=O) groups is 2. The summed E-state index contributed by atoms with van der Waals surface area (Å²) in [7, 11) is 0. The predicted molar refractivity (Wildman–Crippen MR) is 152 cm³/mol. The van der Waals surface area contributed by atoms with Crippen molar-refractivity contribution in [3.05, 3.63) is 0 Å². The van der Waals surface area contributed by atoms with Crippen molar-refractivity contribution in [2.75, 3.05) is 13.2 Å². The van der Waals surface area contributed by atoms with Crippen LogP contribution in [0.2, 0.25) is 0 Å². The van der Waals surface area contributed by atoms with Gasteiger partial charge in [0.25, 0.3) is 0 Å². The van der Waals surface area contributed by atoms with Gasteiger partial charge in [0.15, 0.2) is 0 Å². The van der Waals surface area contributed by atoms with Crippen LogP contribution in [0.4, 0.5) is 4.79 Å². The molecule has 5 nitrogen and oxygen atoms in total. The molecule has 0 rings (SSSR count). The number of nitrogens with one attached hydrogen (secondary N) is 1. The van der Waals surface area contributed by atoms with Gasteiger partial charge < -0.3 is 14.8 Å². The normalized spacial score (nSPS) is 12.5. The van der Waals surface area contributed by atoms with Crippen molar-refractivity contribution in [2.24, 2.45) is 11.3 Å². The Morgan fingerprint density at radius 2 is 1.14 bits per heavy atom. The van der Waals surface area contributed by atoms with Crippen molar-refractivity contribution in [3.8, 4) is 0 Å². The number of alkyl carbamates (subject to hydrolysis) is 1. The number of amides is 1. The Morgan fingerprint density at radius 1 is 0.694 bits per heavy atom. The molecule has 1 unspecified atom stereocenters. The molecular weight excluding hydrogens is 450 g/mol. The van der Waals surface area contributed by atoms with Gasteiger partial charge in [0, 0.05) is 18.4 Å². The van der Waals surface area contributed by atoms with Gasteiger partial charge in [-0.3, -0.25) is 4.79 Å². The summed E-state index contributed by atoms with van der Waals surface area (Å²) in [4.78, 5) is 24.1. The molecule has 0 radical (unpaired) electrons. The lowest BCUT2D eigenvalue weighted by molar-refractivity contribution is -0.161. The number of unbranched alkanes of at least 4 members (excludes halogenated alkanes) is 15. The maximum absolute atomic E-state index is 12.1. The van der Waals surface area contributed by atoms with E-state index < -0.39 is 5.41 Å². The molecule has 0 aliphatic carbocycles. The number of esters is 1. The van der Waals surface area contributed by atoms with Crippen LogP contribution < -0.4 is 5.32 Å². The Balaban J connectivity index is 3.69. The van der Waals surface area contributed by atoms with E-state index in [-0.39, 0.29) is 30.7 Å². The van der Waals surface area contributed by atoms with Crippen molar-refractivity contribution >= 4 is 12.1 Å². The SMILES string of the molecule is CCCCCCCCCCCCCCCCCCNC(=O)OCC(C)(C)C(OC(=O)CCC)C(C)C. The number of carbonyl (C=O) groups excluding carboxylic acids is 2. The van der Waals surface area contributed by atoms with Gasteiger partial charge >= 0.3 is 12.1 Å². The average Bonchev–Trinajstić information content (AvgIpc) is 2.83. The Labute approximate surface area is 224 Å². The fraction of sp³-hybridized carbons (Fsp3) is 0.935. The highest BCUT2D eigenvalue weighted by molar-refractivity contribution is 5.69. The van der Waals surface area contributed by atoms with Gasteiger partial charge in [-0.25, -0.2) is 4.79 Å². The van der Waals surface area contributed by atoms with Crippen molar-refractivity contribution in [2.45, 2.75) is 163 Å². The lowest BCUT2D eigenvalue weighted by Gasteiger charge is -2.35. The van der Waals surface area contributed by atoms with E-state index in [0.29, 0.717) is 13.0 Å². The summed E-state index contributed by atoms with van der Waals surface area (Å²) in [6.45, 7) is 13.1. The zero-order chi connectivity index (χ0) is 27.1. The first-order valence-corrected chi connectivity index (χ1v) is 15.3. The quantitative estimate of drug-likeness (QED) is 0.103. The molecule has 0 aliphatic heterocycles. The second-order valence-electron chi connectivity index (χ2n) is 11.7. The van der Waals surface area contributed by atoms with Crippen molar-refractivity contribution in [1.29, 1.82) is 0 Å². The van der Waals surface area contributed by atoms with E-state index in [1.165, 1.54) is 89.9 Å². The molecule has 0 saturated carbocycles. The van der Waals surface area contributed by atoms with Gasteiger partial charge in [0.1, 0.15) is 12.7 Å². The first-order chi connectivity index (χ1) is 17.2. The summed E-state index contributed by atoms with van der Waals surface area (Å²) in [5, 5.41) is 2.87. The Bertz CT molecular complexity index is 533. The lowest BCUT2D eigenvalue weighted by Crippen LogP contribution is -2.42. The predicted octanol–water partition coefficient (Wildman–Crippen LogP) is 9.37. The Morgan fingerprint density at radius 3 is 1.56 bits per heavy atom. The van der Waals surface area contributed by atoms with Crippen LogP contribution in [0.3, 0.4) is 0 Å². The van der Waals surface area contributed by atoms with Gasteiger partial charge in [-0.1, -0.05) is 138 Å². The van der Waals surface area contributed by atoms with E-state index in [1.54, 1.807) is 0 Å². The first kappa shape index (κ1) is 34.7. The monoisotopic (exact) mass is 511 g/mol. The molecule has 0 spiro atoms. The molecule has 0 bridgehead atoms. The molecule has 0 heterocycles. The van der Waals surface area contributed by atoms with Gasteiger partial charge in [-0.15, -0.1) is 0 Å². The molecule has 0 fully saturated rings. The van der Waals surface area contributed by atoms with Gasteiger partial charge in [-0.05, 0) is 18.8 Å². The number of rotatable bonds is 24. The molecule has 0 aromatic carbocycles. The van der Waals surface area contributed by atoms with E-state index >= 15 is 0 Å². The summed E-state index contributed by atoms with van der Waals surface area (Å²) in [6, 6.07) is 0. The molecule has 1 atom stereocenters. The molecule has 0 aromatic rings. The third-order valence-electron chi connectivity index (χ3n) is 6.96. The molecule has 214 valence electrons. The minimum absolute atomic E-state index is 0.151. The molecule has 0 saturated heterocycles. The van der Waals surface area contributed by atoms with Crippen molar-refractivity contribution < 1.29 is 19.1 Å². The third-order valence-corrected chi connectivity index (χ3v) is 6.96. The van der Waals surface area contributed by atoms with E-state index in [4.69, 9.17) is 9.47 Å². The van der Waals surface area contributed by atoms with Crippen LogP contribution in [0.25, 0.3) is 0 Å². The maximum atomic E-state index is 12.1. The standard InChI is InChI=1S/C31H61NO4/c1-7-9-10-11-12-13-14-15-16-17-18-19-20-21-22-23-25-32-30(34)35-26-31(5,6)29(27(3)4)36-28(33)24-8-2/h27,29H,7-26H2,1-6H3,(H,32,34). The maximum Gasteiger partial charge on any atom is 0.407 e. The molecule has 5 heteroatoms. The highest BCUT2D eigenvalue weighted by Crippen LogP contribution is 2.30.